The van der Waals surface area contributed by atoms with Crippen molar-refractivity contribution < 1.29 is 4.79 Å². The first-order chi connectivity index (χ1) is 9.61. The van der Waals surface area contributed by atoms with E-state index in [0.29, 0.717) is 11.4 Å². The third-order valence-corrected chi connectivity index (χ3v) is 2.80. The van der Waals surface area contributed by atoms with Gasteiger partial charge in [0.1, 0.15) is 5.69 Å². The average molecular weight is 271 g/mol. The molecule has 1 aromatic carbocycles. The van der Waals surface area contributed by atoms with Crippen LogP contribution in [-0.4, -0.2) is 25.0 Å². The fourth-order valence-corrected chi connectivity index (χ4v) is 1.77. The summed E-state index contributed by atoms with van der Waals surface area (Å²) in [5, 5.41) is 2.85. The number of nitrogen functional groups attached to an aromatic ring is 1. The van der Waals surface area contributed by atoms with Crippen molar-refractivity contribution in [2.24, 2.45) is 5.84 Å². The van der Waals surface area contributed by atoms with E-state index in [1.807, 2.05) is 43.3 Å². The van der Waals surface area contributed by atoms with Gasteiger partial charge in [-0.2, -0.15) is 0 Å². The van der Waals surface area contributed by atoms with Crippen molar-refractivity contribution in [2.45, 2.75) is 0 Å². The highest BCUT2D eigenvalue weighted by Gasteiger charge is 2.10. The molecule has 0 saturated heterocycles. The number of rotatable bonds is 4. The van der Waals surface area contributed by atoms with Gasteiger partial charge in [0, 0.05) is 14.1 Å². The number of aromatic nitrogens is 1. The molecular formula is C14H17N5O. The summed E-state index contributed by atoms with van der Waals surface area (Å²) in [6, 6.07) is 10.9. The van der Waals surface area contributed by atoms with E-state index in [4.69, 9.17) is 5.84 Å². The van der Waals surface area contributed by atoms with Crippen LogP contribution in [0.2, 0.25) is 0 Å². The Labute approximate surface area is 117 Å². The molecule has 6 nitrogen and oxygen atoms in total. The molecule has 0 bridgehead atoms. The molecule has 0 radical (unpaired) electrons. The average Bonchev–Trinajstić information content (AvgIpc) is 2.47. The van der Waals surface area contributed by atoms with Crippen LogP contribution in [-0.2, 0) is 0 Å². The Hall–Kier alpha value is -2.60. The number of benzene rings is 1. The monoisotopic (exact) mass is 271 g/mol. The summed E-state index contributed by atoms with van der Waals surface area (Å²) in [6.45, 7) is 0. The van der Waals surface area contributed by atoms with Crippen LogP contribution in [0.25, 0.3) is 0 Å². The molecule has 4 N–H and O–H groups in total. The molecule has 1 aromatic heterocycles. The molecule has 104 valence electrons. The summed E-state index contributed by atoms with van der Waals surface area (Å²) in [6.07, 6.45) is 1.51. The second-order valence-electron chi connectivity index (χ2n) is 4.44. The molecule has 2 rings (SSSR count). The summed E-state index contributed by atoms with van der Waals surface area (Å²) >= 11 is 0. The van der Waals surface area contributed by atoms with Crippen LogP contribution in [0.15, 0.2) is 42.6 Å². The molecule has 0 atom stereocenters. The molecular weight excluding hydrogens is 254 g/mol. The molecule has 0 spiro atoms. The Morgan fingerprint density at radius 1 is 1.20 bits per heavy atom. The molecule has 0 saturated carbocycles. The van der Waals surface area contributed by atoms with Crippen molar-refractivity contribution in [3.05, 3.63) is 48.3 Å². The third-order valence-electron chi connectivity index (χ3n) is 2.80. The summed E-state index contributed by atoms with van der Waals surface area (Å²) in [7, 11) is 3.84. The minimum atomic E-state index is -0.261. The topological polar surface area (TPSA) is 83.3 Å². The van der Waals surface area contributed by atoms with E-state index in [1.54, 1.807) is 12.1 Å². The van der Waals surface area contributed by atoms with Gasteiger partial charge < -0.3 is 15.6 Å². The second kappa shape index (κ2) is 6.03. The van der Waals surface area contributed by atoms with Crippen LogP contribution in [0.5, 0.6) is 0 Å². The number of anilines is 3. The van der Waals surface area contributed by atoms with Crippen molar-refractivity contribution in [1.29, 1.82) is 0 Å². The van der Waals surface area contributed by atoms with Gasteiger partial charge in [-0.25, -0.2) is 4.98 Å². The van der Waals surface area contributed by atoms with Gasteiger partial charge in [-0.15, -0.1) is 0 Å². The zero-order valence-corrected chi connectivity index (χ0v) is 11.4. The SMILES string of the molecule is CN(C)c1ccccc1NC(=O)c1ccc(NN)cn1. The van der Waals surface area contributed by atoms with Crippen LogP contribution in [0.1, 0.15) is 10.5 Å². The zero-order valence-electron chi connectivity index (χ0n) is 11.4. The maximum Gasteiger partial charge on any atom is 0.274 e. The molecule has 2 aromatic rings. The van der Waals surface area contributed by atoms with Crippen molar-refractivity contribution in [3.8, 4) is 0 Å². The summed E-state index contributed by atoms with van der Waals surface area (Å²) in [4.78, 5) is 18.1. The van der Waals surface area contributed by atoms with Gasteiger partial charge in [0.25, 0.3) is 5.91 Å². The maximum atomic E-state index is 12.1. The first-order valence-corrected chi connectivity index (χ1v) is 6.12. The van der Waals surface area contributed by atoms with E-state index in [-0.39, 0.29) is 5.91 Å². The van der Waals surface area contributed by atoms with E-state index < -0.39 is 0 Å². The molecule has 0 fully saturated rings. The normalized spacial score (nSPS) is 9.95. The van der Waals surface area contributed by atoms with E-state index in [0.717, 1.165) is 11.4 Å². The number of pyridine rings is 1. The Morgan fingerprint density at radius 2 is 1.95 bits per heavy atom. The number of carbonyl (C=O) groups excluding carboxylic acids is 1. The number of carbonyl (C=O) groups is 1. The number of amides is 1. The molecule has 0 aliphatic carbocycles. The number of hydrogen-bond acceptors (Lipinski definition) is 5. The van der Waals surface area contributed by atoms with Crippen LogP contribution in [0, 0.1) is 0 Å². The van der Waals surface area contributed by atoms with Gasteiger partial charge in [-0.05, 0) is 24.3 Å². The lowest BCUT2D eigenvalue weighted by atomic mass is 10.2. The van der Waals surface area contributed by atoms with Crippen molar-refractivity contribution in [3.63, 3.8) is 0 Å². The minimum Gasteiger partial charge on any atom is -0.376 e. The number of hydrogen-bond donors (Lipinski definition) is 3. The molecule has 20 heavy (non-hydrogen) atoms. The lowest BCUT2D eigenvalue weighted by Gasteiger charge is -2.17. The fraction of sp³-hybridized carbons (Fsp3) is 0.143. The quantitative estimate of drug-likeness (QED) is 0.582. The van der Waals surface area contributed by atoms with Crippen molar-refractivity contribution in [2.75, 3.05) is 29.7 Å². The maximum absolute atomic E-state index is 12.1. The van der Waals surface area contributed by atoms with Crippen molar-refractivity contribution >= 4 is 23.0 Å². The van der Waals surface area contributed by atoms with Gasteiger partial charge in [0.15, 0.2) is 0 Å². The highest BCUT2D eigenvalue weighted by Crippen LogP contribution is 2.23. The van der Waals surface area contributed by atoms with Gasteiger partial charge in [0.2, 0.25) is 0 Å². The summed E-state index contributed by atoms with van der Waals surface area (Å²) in [5.74, 6) is 5.00. The number of nitrogens with zero attached hydrogens (tertiary/aromatic N) is 2. The van der Waals surface area contributed by atoms with E-state index in [9.17, 15) is 4.79 Å². The van der Waals surface area contributed by atoms with Crippen LogP contribution in [0.3, 0.4) is 0 Å². The summed E-state index contributed by atoms with van der Waals surface area (Å²) < 4.78 is 0. The Morgan fingerprint density at radius 3 is 2.55 bits per heavy atom. The first-order valence-electron chi connectivity index (χ1n) is 6.12. The largest absolute Gasteiger partial charge is 0.376 e. The Kier molecular flexibility index (Phi) is 4.17. The number of nitrogens with one attached hydrogen (secondary N) is 2. The van der Waals surface area contributed by atoms with Crippen LogP contribution >= 0.6 is 0 Å². The number of hydrazine groups is 1. The van der Waals surface area contributed by atoms with E-state index in [2.05, 4.69) is 15.7 Å². The Balaban J connectivity index is 2.19. The highest BCUT2D eigenvalue weighted by molar-refractivity contribution is 6.04. The van der Waals surface area contributed by atoms with Gasteiger partial charge in [0.05, 0.1) is 23.3 Å². The van der Waals surface area contributed by atoms with Crippen molar-refractivity contribution in [1.82, 2.24) is 4.98 Å². The molecule has 6 heteroatoms. The standard InChI is InChI=1S/C14H17N5O/c1-19(2)13-6-4-3-5-11(13)17-14(20)12-8-7-10(18-15)9-16-12/h3-9,18H,15H2,1-2H3,(H,17,20). The van der Waals surface area contributed by atoms with E-state index in [1.165, 1.54) is 6.20 Å². The van der Waals surface area contributed by atoms with Crippen LogP contribution in [0.4, 0.5) is 17.1 Å². The lowest BCUT2D eigenvalue weighted by molar-refractivity contribution is 0.102. The molecule has 0 aliphatic rings. The van der Waals surface area contributed by atoms with Crippen LogP contribution < -0.4 is 21.5 Å². The van der Waals surface area contributed by atoms with Gasteiger partial charge >= 0.3 is 0 Å². The smallest absolute Gasteiger partial charge is 0.274 e. The predicted octanol–water partition coefficient (Wildman–Crippen LogP) is 1.69. The highest BCUT2D eigenvalue weighted by atomic mass is 16.1. The van der Waals surface area contributed by atoms with Gasteiger partial charge in [-0.3, -0.25) is 10.6 Å². The third kappa shape index (κ3) is 3.04. The number of nitrogens with two attached hydrogens (primary N) is 1. The Bertz CT molecular complexity index is 595. The molecule has 1 heterocycles. The summed E-state index contributed by atoms with van der Waals surface area (Å²) in [5.41, 5.74) is 5.12. The first kappa shape index (κ1) is 13.8. The predicted molar refractivity (Wildman–Crippen MR) is 80.8 cm³/mol. The number of para-hydroxylation sites is 2. The molecule has 0 aliphatic heterocycles. The zero-order chi connectivity index (χ0) is 14.5. The second-order valence-corrected chi connectivity index (χ2v) is 4.44. The minimum absolute atomic E-state index is 0.261. The lowest BCUT2D eigenvalue weighted by Crippen LogP contribution is -2.17. The van der Waals surface area contributed by atoms with Gasteiger partial charge in [-0.1, -0.05) is 12.1 Å². The fourth-order valence-electron chi connectivity index (χ4n) is 1.77. The van der Waals surface area contributed by atoms with E-state index >= 15 is 0 Å². The molecule has 1 amide bonds. The molecule has 0 unspecified atom stereocenters.